The van der Waals surface area contributed by atoms with Gasteiger partial charge in [-0.15, -0.1) is 0 Å². The number of ether oxygens (including phenoxy) is 1. The molecule has 1 aromatic heterocycles. The predicted octanol–water partition coefficient (Wildman–Crippen LogP) is 2.89. The highest BCUT2D eigenvalue weighted by Crippen LogP contribution is 2.26. The monoisotopic (exact) mass is 330 g/mol. The highest BCUT2D eigenvalue weighted by atomic mass is 16.5. The summed E-state index contributed by atoms with van der Waals surface area (Å²) in [4.78, 5) is 15.0. The van der Waals surface area contributed by atoms with Crippen LogP contribution >= 0.6 is 0 Å². The molecule has 1 amide bonds. The number of rotatable bonds is 4. The minimum atomic E-state index is -0.168. The number of hydrogen-bond donors (Lipinski definition) is 1. The minimum absolute atomic E-state index is 0.00304. The number of carbonyl (C=O) groups excluding carboxylic acids is 1. The quantitative estimate of drug-likeness (QED) is 0.936. The normalized spacial score (nSPS) is 21.8. The summed E-state index contributed by atoms with van der Waals surface area (Å²) in [6.45, 7) is 9.88. The number of amides is 1. The van der Waals surface area contributed by atoms with Crippen molar-refractivity contribution in [2.45, 2.75) is 45.9 Å². The average Bonchev–Trinajstić information content (AvgIpc) is 3.08. The summed E-state index contributed by atoms with van der Waals surface area (Å²) in [5.41, 5.74) is 2.76. The van der Waals surface area contributed by atoms with Gasteiger partial charge in [-0.25, -0.2) is 0 Å². The number of nitrogens with zero attached hydrogens (tertiary/aromatic N) is 1. The Morgan fingerprint density at radius 1 is 1.33 bits per heavy atom. The molecule has 130 valence electrons. The highest BCUT2D eigenvalue weighted by molar-refractivity contribution is 5.99. The van der Waals surface area contributed by atoms with Crippen molar-refractivity contribution < 1.29 is 13.9 Å². The van der Waals surface area contributed by atoms with Crippen molar-refractivity contribution in [2.24, 2.45) is 0 Å². The van der Waals surface area contributed by atoms with Gasteiger partial charge in [0.25, 0.3) is 5.91 Å². The molecule has 2 aromatic rings. The molecule has 1 aliphatic rings. The van der Waals surface area contributed by atoms with E-state index in [-0.39, 0.29) is 18.1 Å². The highest BCUT2D eigenvalue weighted by Gasteiger charge is 2.35. The van der Waals surface area contributed by atoms with Gasteiger partial charge in [-0.05, 0) is 39.3 Å². The first-order valence-electron chi connectivity index (χ1n) is 8.48. The van der Waals surface area contributed by atoms with Crippen LogP contribution in [0.4, 0.5) is 0 Å². The van der Waals surface area contributed by atoms with Crippen LogP contribution in [0.5, 0.6) is 0 Å². The number of likely N-dealkylation sites (tertiary alicyclic amines) is 1. The second kappa shape index (κ2) is 6.57. The van der Waals surface area contributed by atoms with Crippen LogP contribution < -0.4 is 5.32 Å². The standard InChI is InChI=1S/C19H26N2O3/c1-11(2)21-9-15(17(10-21)23-5)20-19(22)18-13(4)14-7-6-12(3)8-16(14)24-18/h6-8,11,15,17H,9-10H2,1-5H3,(H,20,22)/t15-,17-/m0/s1. The van der Waals surface area contributed by atoms with Gasteiger partial charge in [-0.3, -0.25) is 9.69 Å². The van der Waals surface area contributed by atoms with E-state index in [9.17, 15) is 4.79 Å². The van der Waals surface area contributed by atoms with Crippen LogP contribution in [0.2, 0.25) is 0 Å². The summed E-state index contributed by atoms with van der Waals surface area (Å²) < 4.78 is 11.4. The Balaban J connectivity index is 1.81. The topological polar surface area (TPSA) is 54.7 Å². The van der Waals surface area contributed by atoms with E-state index >= 15 is 0 Å². The first-order valence-corrected chi connectivity index (χ1v) is 8.48. The van der Waals surface area contributed by atoms with Crippen LogP contribution in [0.25, 0.3) is 11.0 Å². The van der Waals surface area contributed by atoms with Crippen molar-refractivity contribution in [2.75, 3.05) is 20.2 Å². The Morgan fingerprint density at radius 3 is 2.75 bits per heavy atom. The van der Waals surface area contributed by atoms with Crippen LogP contribution in [-0.4, -0.2) is 49.2 Å². The zero-order valence-electron chi connectivity index (χ0n) is 15.1. The summed E-state index contributed by atoms with van der Waals surface area (Å²) in [5.74, 6) is 0.229. The Labute approximate surface area is 143 Å². The molecule has 0 aliphatic carbocycles. The molecule has 0 unspecified atom stereocenters. The fourth-order valence-corrected chi connectivity index (χ4v) is 3.39. The van der Waals surface area contributed by atoms with Gasteiger partial charge in [0.1, 0.15) is 5.58 Å². The average molecular weight is 330 g/mol. The fourth-order valence-electron chi connectivity index (χ4n) is 3.39. The molecule has 1 saturated heterocycles. The van der Waals surface area contributed by atoms with Gasteiger partial charge in [0.2, 0.25) is 0 Å². The van der Waals surface area contributed by atoms with E-state index in [2.05, 4.69) is 24.1 Å². The van der Waals surface area contributed by atoms with E-state index in [1.807, 2.05) is 32.0 Å². The Hall–Kier alpha value is -1.85. The van der Waals surface area contributed by atoms with Gasteiger partial charge < -0.3 is 14.5 Å². The van der Waals surface area contributed by atoms with Crippen LogP contribution in [0.3, 0.4) is 0 Å². The van der Waals surface area contributed by atoms with Crippen LogP contribution in [0, 0.1) is 13.8 Å². The molecule has 0 bridgehead atoms. The second-order valence-electron chi connectivity index (χ2n) is 6.96. The number of methoxy groups -OCH3 is 1. The summed E-state index contributed by atoms with van der Waals surface area (Å²) in [6, 6.07) is 6.41. The molecule has 3 rings (SSSR count). The maximum atomic E-state index is 12.7. The minimum Gasteiger partial charge on any atom is -0.451 e. The Kier molecular flexibility index (Phi) is 4.65. The Morgan fingerprint density at radius 2 is 2.08 bits per heavy atom. The largest absolute Gasteiger partial charge is 0.451 e. The molecular weight excluding hydrogens is 304 g/mol. The van der Waals surface area contributed by atoms with Gasteiger partial charge in [0.15, 0.2) is 5.76 Å². The molecule has 1 aliphatic heterocycles. The van der Waals surface area contributed by atoms with E-state index in [1.54, 1.807) is 7.11 Å². The van der Waals surface area contributed by atoms with Crippen molar-refractivity contribution in [1.82, 2.24) is 10.2 Å². The number of aryl methyl sites for hydroxylation is 2. The second-order valence-corrected chi connectivity index (χ2v) is 6.96. The number of nitrogens with one attached hydrogen (secondary N) is 1. The van der Waals surface area contributed by atoms with E-state index in [4.69, 9.17) is 9.15 Å². The number of benzene rings is 1. The third kappa shape index (κ3) is 3.06. The van der Waals surface area contributed by atoms with Crippen molar-refractivity contribution in [1.29, 1.82) is 0 Å². The fraction of sp³-hybridized carbons (Fsp3) is 0.526. The molecule has 5 nitrogen and oxygen atoms in total. The molecule has 1 fully saturated rings. The van der Waals surface area contributed by atoms with Gasteiger partial charge in [-0.1, -0.05) is 12.1 Å². The molecule has 2 heterocycles. The molecule has 24 heavy (non-hydrogen) atoms. The first-order chi connectivity index (χ1) is 11.4. The van der Waals surface area contributed by atoms with Crippen molar-refractivity contribution in [3.05, 3.63) is 35.1 Å². The number of hydrogen-bond acceptors (Lipinski definition) is 4. The third-order valence-electron chi connectivity index (χ3n) is 4.94. The maximum absolute atomic E-state index is 12.7. The summed E-state index contributed by atoms with van der Waals surface area (Å²) in [5, 5.41) is 4.09. The third-order valence-corrected chi connectivity index (χ3v) is 4.94. The molecule has 0 radical (unpaired) electrons. The van der Waals surface area contributed by atoms with E-state index in [0.29, 0.717) is 11.8 Å². The van der Waals surface area contributed by atoms with Gasteiger partial charge in [-0.2, -0.15) is 0 Å². The predicted molar refractivity (Wildman–Crippen MR) is 94.4 cm³/mol. The number of carbonyl (C=O) groups is 1. The van der Waals surface area contributed by atoms with E-state index < -0.39 is 0 Å². The van der Waals surface area contributed by atoms with E-state index in [0.717, 1.165) is 35.2 Å². The van der Waals surface area contributed by atoms with Crippen LogP contribution in [-0.2, 0) is 4.74 Å². The zero-order valence-corrected chi connectivity index (χ0v) is 15.1. The van der Waals surface area contributed by atoms with Crippen molar-refractivity contribution >= 4 is 16.9 Å². The van der Waals surface area contributed by atoms with Crippen LogP contribution in [0.1, 0.15) is 35.5 Å². The van der Waals surface area contributed by atoms with Crippen molar-refractivity contribution in [3.8, 4) is 0 Å². The van der Waals surface area contributed by atoms with E-state index in [1.165, 1.54) is 0 Å². The zero-order chi connectivity index (χ0) is 17.4. The van der Waals surface area contributed by atoms with Gasteiger partial charge in [0.05, 0.1) is 12.1 Å². The smallest absolute Gasteiger partial charge is 0.287 e. The lowest BCUT2D eigenvalue weighted by atomic mass is 10.1. The molecular formula is C19H26N2O3. The Bertz CT molecular complexity index is 750. The van der Waals surface area contributed by atoms with Crippen LogP contribution in [0.15, 0.2) is 22.6 Å². The van der Waals surface area contributed by atoms with Crippen molar-refractivity contribution in [3.63, 3.8) is 0 Å². The summed E-state index contributed by atoms with van der Waals surface area (Å²) in [6.07, 6.45) is 0.00304. The number of fused-ring (bicyclic) bond motifs is 1. The van der Waals surface area contributed by atoms with Gasteiger partial charge in [0, 0.05) is 37.2 Å². The van der Waals surface area contributed by atoms with Gasteiger partial charge >= 0.3 is 0 Å². The molecule has 5 heteroatoms. The molecule has 0 spiro atoms. The lowest BCUT2D eigenvalue weighted by Crippen LogP contribution is -2.43. The summed E-state index contributed by atoms with van der Waals surface area (Å²) >= 11 is 0. The lowest BCUT2D eigenvalue weighted by Gasteiger charge is -2.19. The lowest BCUT2D eigenvalue weighted by molar-refractivity contribution is 0.0737. The molecule has 1 N–H and O–H groups in total. The first kappa shape index (κ1) is 17.0. The number of furan rings is 1. The molecule has 0 saturated carbocycles. The summed E-state index contributed by atoms with van der Waals surface area (Å²) in [7, 11) is 1.70. The molecule has 1 aromatic carbocycles. The SMILES string of the molecule is CO[C@H]1CN(C(C)C)C[C@@H]1NC(=O)c1oc2cc(C)ccc2c1C. The maximum Gasteiger partial charge on any atom is 0.287 e. The molecule has 2 atom stereocenters.